The number of nitrogens with zero attached hydrogens (tertiary/aromatic N) is 4. The number of benzene rings is 1. The van der Waals surface area contributed by atoms with Crippen molar-refractivity contribution in [1.82, 2.24) is 15.0 Å². The van der Waals surface area contributed by atoms with Crippen molar-refractivity contribution in [3.05, 3.63) is 52.2 Å². The summed E-state index contributed by atoms with van der Waals surface area (Å²) in [4.78, 5) is 39.8. The molecule has 0 N–H and O–H groups in total. The maximum Gasteiger partial charge on any atom is 0.419 e. The Labute approximate surface area is 239 Å². The maximum absolute atomic E-state index is 13.7. The summed E-state index contributed by atoms with van der Waals surface area (Å²) in [6.45, 7) is 3.88. The number of alkyl halides is 3. The van der Waals surface area contributed by atoms with Gasteiger partial charge >= 0.3 is 12.1 Å². The minimum atomic E-state index is -4.61. The first kappa shape index (κ1) is 30.4. The molecule has 0 radical (unpaired) electrons. The number of carbonyl (C=O) groups is 2. The molecule has 0 aliphatic carbocycles. The second-order valence-electron chi connectivity index (χ2n) is 9.40. The number of thiazole rings is 1. The minimum absolute atomic E-state index is 0.0591. The molecule has 0 saturated carbocycles. The van der Waals surface area contributed by atoms with Crippen molar-refractivity contribution < 1.29 is 37.0 Å². The summed E-state index contributed by atoms with van der Waals surface area (Å²) in [5, 5.41) is 2.07. The Morgan fingerprint density at radius 2 is 1.90 bits per heavy atom. The summed E-state index contributed by atoms with van der Waals surface area (Å²) in [6.07, 6.45) is 0.0408. The van der Waals surface area contributed by atoms with Gasteiger partial charge in [-0.3, -0.25) is 9.59 Å². The number of methoxy groups -OCH3 is 1. The second-order valence-corrected chi connectivity index (χ2v) is 10.3. The van der Waals surface area contributed by atoms with E-state index in [2.05, 4.69) is 15.0 Å². The van der Waals surface area contributed by atoms with E-state index in [9.17, 15) is 22.8 Å². The molecule has 41 heavy (non-hydrogen) atoms. The minimum Gasteiger partial charge on any atom is -0.493 e. The van der Waals surface area contributed by atoms with Gasteiger partial charge in [0.2, 0.25) is 0 Å². The molecule has 2 aromatic heterocycles. The number of esters is 1. The lowest BCUT2D eigenvalue weighted by Gasteiger charge is -2.31. The van der Waals surface area contributed by atoms with Crippen LogP contribution in [0.15, 0.2) is 36.0 Å². The van der Waals surface area contributed by atoms with E-state index in [1.807, 2.05) is 4.90 Å². The van der Waals surface area contributed by atoms with Crippen molar-refractivity contribution in [3.8, 4) is 17.0 Å². The van der Waals surface area contributed by atoms with Gasteiger partial charge in [-0.2, -0.15) is 13.2 Å². The third kappa shape index (κ3) is 8.00. The molecule has 1 aromatic carbocycles. The average molecular weight is 593 g/mol. The monoisotopic (exact) mass is 592 g/mol. The molecule has 1 fully saturated rings. The summed E-state index contributed by atoms with van der Waals surface area (Å²) in [5.41, 5.74) is -0.117. The largest absolute Gasteiger partial charge is 0.493 e. The number of hydrogen-bond donors (Lipinski definition) is 0. The van der Waals surface area contributed by atoms with E-state index in [1.165, 1.54) is 43.0 Å². The molecule has 0 spiro atoms. The molecule has 13 heteroatoms. The Morgan fingerprint density at radius 3 is 2.56 bits per heavy atom. The van der Waals surface area contributed by atoms with Gasteiger partial charge in [0.05, 0.1) is 49.2 Å². The fourth-order valence-electron chi connectivity index (χ4n) is 4.41. The van der Waals surface area contributed by atoms with Crippen molar-refractivity contribution in [2.45, 2.75) is 38.8 Å². The number of halogens is 3. The van der Waals surface area contributed by atoms with Crippen LogP contribution >= 0.6 is 11.3 Å². The zero-order valence-electron chi connectivity index (χ0n) is 22.8. The number of anilines is 1. The Morgan fingerprint density at radius 1 is 1.12 bits per heavy atom. The fraction of sp³-hybridized carbons (Fsp3) is 0.464. The molecule has 220 valence electrons. The lowest BCUT2D eigenvalue weighted by molar-refractivity contribution is -0.148. The van der Waals surface area contributed by atoms with Crippen LogP contribution in [-0.4, -0.2) is 66.7 Å². The third-order valence-electron chi connectivity index (χ3n) is 6.56. The van der Waals surface area contributed by atoms with E-state index >= 15 is 0 Å². The Bertz CT molecular complexity index is 1330. The van der Waals surface area contributed by atoms with E-state index in [0.29, 0.717) is 62.1 Å². The molecular weight excluding hydrogens is 561 g/mol. The molecule has 3 aromatic rings. The molecule has 0 bridgehead atoms. The van der Waals surface area contributed by atoms with Gasteiger partial charge < -0.3 is 19.1 Å². The van der Waals surface area contributed by atoms with Crippen LogP contribution in [0.2, 0.25) is 0 Å². The highest BCUT2D eigenvalue weighted by Crippen LogP contribution is 2.39. The number of aromatic nitrogens is 3. The highest BCUT2D eigenvalue weighted by Gasteiger charge is 2.35. The number of piperidine rings is 1. The number of ketones is 1. The molecular formula is C28H31F3N4O5S. The van der Waals surface area contributed by atoms with Crippen LogP contribution in [0.4, 0.5) is 19.0 Å². The van der Waals surface area contributed by atoms with E-state index in [0.717, 1.165) is 6.07 Å². The predicted octanol–water partition coefficient (Wildman–Crippen LogP) is 5.24. The van der Waals surface area contributed by atoms with Crippen LogP contribution in [0.5, 0.6) is 5.75 Å². The summed E-state index contributed by atoms with van der Waals surface area (Å²) < 4.78 is 56.5. The smallest absolute Gasteiger partial charge is 0.419 e. The van der Waals surface area contributed by atoms with Crippen LogP contribution in [0.25, 0.3) is 11.3 Å². The van der Waals surface area contributed by atoms with Crippen LogP contribution in [0.3, 0.4) is 0 Å². The first-order valence-corrected chi connectivity index (χ1v) is 14.1. The van der Waals surface area contributed by atoms with Crippen molar-refractivity contribution in [2.24, 2.45) is 5.92 Å². The summed E-state index contributed by atoms with van der Waals surface area (Å²) in [7, 11) is 1.51. The molecule has 1 aliphatic rings. The predicted molar refractivity (Wildman–Crippen MR) is 146 cm³/mol. The molecule has 0 atom stereocenters. The normalized spacial score (nSPS) is 14.2. The van der Waals surface area contributed by atoms with E-state index < -0.39 is 11.7 Å². The van der Waals surface area contributed by atoms with Crippen LogP contribution in [0, 0.1) is 5.92 Å². The van der Waals surface area contributed by atoms with Gasteiger partial charge in [-0.1, -0.05) is 0 Å². The number of rotatable bonds is 12. The average Bonchev–Trinajstić information content (AvgIpc) is 3.43. The molecule has 1 aliphatic heterocycles. The first-order chi connectivity index (χ1) is 19.7. The number of Topliss-reactive ketones (excluding diaryl/α,β-unsaturated/α-hetero) is 1. The molecule has 3 heterocycles. The van der Waals surface area contributed by atoms with Crippen molar-refractivity contribution >= 4 is 28.9 Å². The molecule has 0 unspecified atom stereocenters. The summed E-state index contributed by atoms with van der Waals surface area (Å²) in [6, 6.07) is 3.80. The van der Waals surface area contributed by atoms with E-state index in [4.69, 9.17) is 14.2 Å². The van der Waals surface area contributed by atoms with E-state index in [1.54, 1.807) is 12.3 Å². The summed E-state index contributed by atoms with van der Waals surface area (Å²) in [5.74, 6) is -0.243. The standard InChI is InChI=1S/C28H31F3N4O5S/c1-3-39-27(37)18-7-9-35(10-8-18)25-16-32-21(15-33-25)23(36)14-26-34-22(17-41-26)19-5-6-24(40-12-4-11-38-2)20(13-19)28(29,30)31/h5-6,13,15-18H,3-4,7-12,14H2,1-2H3. The van der Waals surface area contributed by atoms with Gasteiger partial charge in [-0.15, -0.1) is 11.3 Å². The van der Waals surface area contributed by atoms with Gasteiger partial charge in [0.1, 0.15) is 22.3 Å². The first-order valence-electron chi connectivity index (χ1n) is 13.2. The Hall–Kier alpha value is -3.58. The third-order valence-corrected chi connectivity index (χ3v) is 7.41. The number of carbonyl (C=O) groups excluding carboxylic acids is 2. The molecule has 0 amide bonds. The number of hydrogen-bond acceptors (Lipinski definition) is 10. The topological polar surface area (TPSA) is 104 Å². The van der Waals surface area contributed by atoms with Crippen molar-refractivity contribution in [2.75, 3.05) is 44.9 Å². The second kappa shape index (κ2) is 13.9. The van der Waals surface area contributed by atoms with Crippen LogP contribution in [-0.2, 0) is 26.9 Å². The lowest BCUT2D eigenvalue weighted by atomic mass is 9.97. The van der Waals surface area contributed by atoms with Crippen molar-refractivity contribution in [1.29, 1.82) is 0 Å². The summed E-state index contributed by atoms with van der Waals surface area (Å²) >= 11 is 1.18. The van der Waals surface area contributed by atoms with Crippen molar-refractivity contribution in [3.63, 3.8) is 0 Å². The Kier molecular flexibility index (Phi) is 10.3. The maximum atomic E-state index is 13.7. The van der Waals surface area contributed by atoms with Gasteiger partial charge in [0.15, 0.2) is 5.78 Å². The SMILES string of the molecule is CCOC(=O)C1CCN(c2cnc(C(=O)Cc3nc(-c4ccc(OCCCOC)c(C(F)(F)F)c4)cs3)cn2)CC1. The highest BCUT2D eigenvalue weighted by molar-refractivity contribution is 7.10. The quantitative estimate of drug-likeness (QED) is 0.159. The zero-order chi connectivity index (χ0) is 29.4. The molecule has 9 nitrogen and oxygen atoms in total. The van der Waals surface area contributed by atoms with Gasteiger partial charge in [-0.05, 0) is 38.0 Å². The molecule has 4 rings (SSSR count). The lowest BCUT2D eigenvalue weighted by Crippen LogP contribution is -2.37. The molecule has 1 saturated heterocycles. The van der Waals surface area contributed by atoms with E-state index in [-0.39, 0.29) is 47.7 Å². The highest BCUT2D eigenvalue weighted by atomic mass is 32.1. The van der Waals surface area contributed by atoms with Gasteiger partial charge in [0, 0.05) is 44.2 Å². The zero-order valence-corrected chi connectivity index (χ0v) is 23.6. The van der Waals surface area contributed by atoms with Crippen LogP contribution < -0.4 is 9.64 Å². The Balaban J connectivity index is 1.37. The number of ether oxygens (including phenoxy) is 3. The van der Waals surface area contributed by atoms with Gasteiger partial charge in [-0.25, -0.2) is 15.0 Å². The fourth-order valence-corrected chi connectivity index (χ4v) is 5.21. The van der Waals surface area contributed by atoms with Crippen LogP contribution in [0.1, 0.15) is 47.2 Å². The van der Waals surface area contributed by atoms with Gasteiger partial charge in [0.25, 0.3) is 0 Å².